The maximum atomic E-state index is 13.2. The van der Waals surface area contributed by atoms with Crippen LogP contribution in [0, 0.1) is 5.82 Å². The molecule has 0 amide bonds. The van der Waals surface area contributed by atoms with Crippen LogP contribution in [-0.2, 0) is 6.54 Å². The number of ether oxygens (including phenoxy) is 1. The maximum absolute atomic E-state index is 13.2. The molecule has 72 valence electrons. The summed E-state index contributed by atoms with van der Waals surface area (Å²) < 4.78 is 18.4. The second-order valence-corrected chi connectivity index (χ2v) is 2.69. The average molecular weight is 183 g/mol. The first-order chi connectivity index (χ1) is 6.29. The van der Waals surface area contributed by atoms with Gasteiger partial charge in [-0.3, -0.25) is 0 Å². The third kappa shape index (κ3) is 2.42. The lowest BCUT2D eigenvalue weighted by Crippen LogP contribution is -2.08. The molecule has 0 unspecified atom stereocenters. The molecule has 1 rings (SSSR count). The van der Waals surface area contributed by atoms with Crippen LogP contribution in [0.4, 0.5) is 4.39 Å². The van der Waals surface area contributed by atoms with E-state index in [9.17, 15) is 4.39 Å². The van der Waals surface area contributed by atoms with Gasteiger partial charge in [-0.1, -0.05) is 12.1 Å². The van der Waals surface area contributed by atoms with Gasteiger partial charge in [-0.05, 0) is 20.0 Å². The summed E-state index contributed by atoms with van der Waals surface area (Å²) in [7, 11) is 1.82. The molecule has 1 N–H and O–H groups in total. The minimum Gasteiger partial charge on any atom is -0.490 e. The predicted molar refractivity (Wildman–Crippen MR) is 50.3 cm³/mol. The Morgan fingerprint density at radius 3 is 2.85 bits per heavy atom. The van der Waals surface area contributed by atoms with Crippen LogP contribution in [-0.4, -0.2) is 13.7 Å². The molecule has 0 radical (unpaired) electrons. The third-order valence-corrected chi connectivity index (χ3v) is 1.70. The Morgan fingerprint density at radius 1 is 1.46 bits per heavy atom. The molecule has 0 atom stereocenters. The first-order valence-electron chi connectivity index (χ1n) is 4.34. The molecule has 0 heterocycles. The second-order valence-electron chi connectivity index (χ2n) is 2.69. The van der Waals surface area contributed by atoms with Crippen LogP contribution in [0.25, 0.3) is 0 Å². The van der Waals surface area contributed by atoms with Crippen molar-refractivity contribution in [3.05, 3.63) is 29.6 Å². The number of hydrogen-bond acceptors (Lipinski definition) is 2. The van der Waals surface area contributed by atoms with Gasteiger partial charge in [0, 0.05) is 12.1 Å². The first kappa shape index (κ1) is 9.99. The zero-order valence-electron chi connectivity index (χ0n) is 7.93. The van der Waals surface area contributed by atoms with Gasteiger partial charge in [-0.15, -0.1) is 0 Å². The van der Waals surface area contributed by atoms with Crippen LogP contribution in [0.15, 0.2) is 18.2 Å². The number of rotatable bonds is 4. The Labute approximate surface area is 77.7 Å². The highest BCUT2D eigenvalue weighted by Crippen LogP contribution is 2.22. The molecule has 2 nitrogen and oxygen atoms in total. The summed E-state index contributed by atoms with van der Waals surface area (Å²) in [4.78, 5) is 0. The highest BCUT2D eigenvalue weighted by molar-refractivity contribution is 5.34. The smallest absolute Gasteiger partial charge is 0.165 e. The van der Waals surface area contributed by atoms with Crippen LogP contribution in [0.3, 0.4) is 0 Å². The molecule has 0 aromatic heterocycles. The molecule has 0 aliphatic heterocycles. The van der Waals surface area contributed by atoms with Crippen molar-refractivity contribution >= 4 is 0 Å². The van der Waals surface area contributed by atoms with Gasteiger partial charge in [-0.2, -0.15) is 0 Å². The van der Waals surface area contributed by atoms with Crippen molar-refractivity contribution in [3.63, 3.8) is 0 Å². The van der Waals surface area contributed by atoms with Crippen molar-refractivity contribution in [1.82, 2.24) is 5.32 Å². The lowest BCUT2D eigenvalue weighted by molar-refractivity contribution is 0.317. The van der Waals surface area contributed by atoms with Crippen LogP contribution < -0.4 is 10.1 Å². The van der Waals surface area contributed by atoms with Gasteiger partial charge >= 0.3 is 0 Å². The Kier molecular flexibility index (Phi) is 3.71. The van der Waals surface area contributed by atoms with Gasteiger partial charge in [0.05, 0.1) is 6.61 Å². The largest absolute Gasteiger partial charge is 0.490 e. The molecule has 0 saturated heterocycles. The van der Waals surface area contributed by atoms with Gasteiger partial charge in [0.15, 0.2) is 11.6 Å². The summed E-state index contributed by atoms with van der Waals surface area (Å²) in [6.45, 7) is 2.94. The Hall–Kier alpha value is -1.09. The molecule has 3 heteroatoms. The van der Waals surface area contributed by atoms with E-state index in [1.807, 2.05) is 20.0 Å². The fourth-order valence-electron chi connectivity index (χ4n) is 1.19. The summed E-state index contributed by atoms with van der Waals surface area (Å²) in [6.07, 6.45) is 0. The molecule has 0 saturated carbocycles. The molecule has 0 aliphatic rings. The van der Waals surface area contributed by atoms with Crippen LogP contribution in [0.1, 0.15) is 12.5 Å². The average Bonchev–Trinajstić information content (AvgIpc) is 2.11. The molecule has 1 aromatic carbocycles. The van der Waals surface area contributed by atoms with E-state index in [1.165, 1.54) is 6.07 Å². The predicted octanol–water partition coefficient (Wildman–Crippen LogP) is 1.94. The highest BCUT2D eigenvalue weighted by atomic mass is 19.1. The van der Waals surface area contributed by atoms with Crippen molar-refractivity contribution < 1.29 is 9.13 Å². The second kappa shape index (κ2) is 4.82. The first-order valence-corrected chi connectivity index (χ1v) is 4.34. The molecule has 0 aliphatic carbocycles. The van der Waals surface area contributed by atoms with E-state index in [0.29, 0.717) is 18.9 Å². The van der Waals surface area contributed by atoms with Crippen molar-refractivity contribution in [2.45, 2.75) is 13.5 Å². The zero-order valence-corrected chi connectivity index (χ0v) is 7.93. The van der Waals surface area contributed by atoms with Gasteiger partial charge in [0.2, 0.25) is 0 Å². The Balaban J connectivity index is 2.95. The summed E-state index contributed by atoms with van der Waals surface area (Å²) >= 11 is 0. The van der Waals surface area contributed by atoms with Crippen molar-refractivity contribution in [2.24, 2.45) is 0 Å². The molecule has 13 heavy (non-hydrogen) atoms. The lowest BCUT2D eigenvalue weighted by atomic mass is 10.2. The van der Waals surface area contributed by atoms with Crippen LogP contribution in [0.2, 0.25) is 0 Å². The topological polar surface area (TPSA) is 21.3 Å². The van der Waals surface area contributed by atoms with Crippen LogP contribution >= 0.6 is 0 Å². The van der Waals surface area contributed by atoms with E-state index >= 15 is 0 Å². The van der Waals surface area contributed by atoms with E-state index in [-0.39, 0.29) is 5.82 Å². The number of benzene rings is 1. The fourth-order valence-corrected chi connectivity index (χ4v) is 1.19. The standard InChI is InChI=1S/C10H14FNO/c1-3-13-10-8(7-12-2)5-4-6-9(10)11/h4-6,12H,3,7H2,1-2H3. The molecule has 0 bridgehead atoms. The van der Waals surface area contributed by atoms with Gasteiger partial charge in [0.1, 0.15) is 0 Å². The lowest BCUT2D eigenvalue weighted by Gasteiger charge is -2.10. The van der Waals surface area contributed by atoms with Crippen molar-refractivity contribution in [3.8, 4) is 5.75 Å². The number of para-hydroxylation sites is 1. The normalized spacial score (nSPS) is 10.1. The quantitative estimate of drug-likeness (QED) is 0.770. The Bertz CT molecular complexity index is 276. The fraction of sp³-hybridized carbons (Fsp3) is 0.400. The van der Waals surface area contributed by atoms with E-state index in [4.69, 9.17) is 4.74 Å². The van der Waals surface area contributed by atoms with Crippen molar-refractivity contribution in [1.29, 1.82) is 0 Å². The number of hydrogen-bond donors (Lipinski definition) is 1. The SMILES string of the molecule is CCOc1c(F)cccc1CNC. The molecule has 0 spiro atoms. The van der Waals surface area contributed by atoms with E-state index < -0.39 is 0 Å². The minimum absolute atomic E-state index is 0.297. The van der Waals surface area contributed by atoms with Crippen molar-refractivity contribution in [2.75, 3.05) is 13.7 Å². The van der Waals surface area contributed by atoms with Gasteiger partial charge < -0.3 is 10.1 Å². The summed E-state index contributed by atoms with van der Waals surface area (Å²) in [5.41, 5.74) is 0.851. The van der Waals surface area contributed by atoms with Crippen LogP contribution in [0.5, 0.6) is 5.75 Å². The zero-order chi connectivity index (χ0) is 9.68. The molecule has 0 fully saturated rings. The van der Waals surface area contributed by atoms with E-state index in [2.05, 4.69) is 5.32 Å². The number of nitrogens with one attached hydrogen (secondary N) is 1. The molecular formula is C10H14FNO. The summed E-state index contributed by atoms with van der Waals surface area (Å²) in [5.74, 6) is 0.0638. The number of halogens is 1. The highest BCUT2D eigenvalue weighted by Gasteiger charge is 2.07. The van der Waals surface area contributed by atoms with Gasteiger partial charge in [-0.25, -0.2) is 4.39 Å². The summed E-state index contributed by atoms with van der Waals surface area (Å²) in [5, 5.41) is 2.96. The van der Waals surface area contributed by atoms with Gasteiger partial charge in [0.25, 0.3) is 0 Å². The monoisotopic (exact) mass is 183 g/mol. The van der Waals surface area contributed by atoms with E-state index in [1.54, 1.807) is 6.07 Å². The maximum Gasteiger partial charge on any atom is 0.165 e. The minimum atomic E-state index is -0.297. The molecule has 1 aromatic rings. The van der Waals surface area contributed by atoms with E-state index in [0.717, 1.165) is 5.56 Å². The Morgan fingerprint density at radius 2 is 2.23 bits per heavy atom. The molecular weight excluding hydrogens is 169 g/mol. The summed E-state index contributed by atoms with van der Waals surface area (Å²) in [6, 6.07) is 4.94. The third-order valence-electron chi connectivity index (χ3n) is 1.70.